The summed E-state index contributed by atoms with van der Waals surface area (Å²) in [5.74, 6) is -0.133. The first kappa shape index (κ1) is 16.3. The number of carbonyl (C=O) groups is 1. The van der Waals surface area contributed by atoms with E-state index in [0.717, 1.165) is 10.8 Å². The first-order chi connectivity index (χ1) is 12.5. The lowest BCUT2D eigenvalue weighted by molar-refractivity contribution is -0.114. The molecule has 6 nitrogen and oxygen atoms in total. The monoisotopic (exact) mass is 365 g/mol. The van der Waals surface area contributed by atoms with Crippen molar-refractivity contribution in [2.24, 2.45) is 4.99 Å². The van der Waals surface area contributed by atoms with Gasteiger partial charge in [0.05, 0.1) is 4.90 Å². The molecule has 0 bridgehead atoms. The molecule has 26 heavy (non-hydrogen) atoms. The van der Waals surface area contributed by atoms with Gasteiger partial charge in [0.25, 0.3) is 10.0 Å². The quantitative estimate of drug-likeness (QED) is 0.748. The molecule has 0 aliphatic carbocycles. The summed E-state index contributed by atoms with van der Waals surface area (Å²) >= 11 is 0. The number of amides is 1. The van der Waals surface area contributed by atoms with Gasteiger partial charge in [-0.3, -0.25) is 14.5 Å². The van der Waals surface area contributed by atoms with E-state index in [4.69, 9.17) is 0 Å². The Morgan fingerprint density at radius 3 is 2.58 bits per heavy atom. The number of hydrogen-bond donors (Lipinski definition) is 2. The third-order valence-corrected chi connectivity index (χ3v) is 5.50. The SMILES string of the molecule is O=C(CN=C1NS(=O)(=O)c2ccccc21)Nc1cccc2ccccc12. The number of rotatable bonds is 3. The molecule has 0 fully saturated rings. The van der Waals surface area contributed by atoms with Crippen molar-refractivity contribution in [1.29, 1.82) is 0 Å². The van der Waals surface area contributed by atoms with Crippen LogP contribution in [0.15, 0.2) is 76.6 Å². The molecule has 2 N–H and O–H groups in total. The Hall–Kier alpha value is -3.19. The molecule has 130 valence electrons. The number of fused-ring (bicyclic) bond motifs is 2. The summed E-state index contributed by atoms with van der Waals surface area (Å²) in [5.41, 5.74) is 1.17. The molecule has 0 saturated carbocycles. The normalized spacial score (nSPS) is 16.2. The molecule has 0 radical (unpaired) electrons. The number of anilines is 1. The maximum atomic E-state index is 12.3. The highest BCUT2D eigenvalue weighted by atomic mass is 32.2. The number of nitrogens with one attached hydrogen (secondary N) is 2. The summed E-state index contributed by atoms with van der Waals surface area (Å²) in [6.07, 6.45) is 0. The van der Waals surface area contributed by atoms with Crippen LogP contribution in [0.2, 0.25) is 0 Å². The third kappa shape index (κ3) is 2.93. The van der Waals surface area contributed by atoms with E-state index >= 15 is 0 Å². The number of carbonyl (C=O) groups excluding carboxylic acids is 1. The number of sulfonamides is 1. The third-order valence-electron chi connectivity index (χ3n) is 4.11. The molecule has 0 saturated heterocycles. The van der Waals surface area contributed by atoms with E-state index in [-0.39, 0.29) is 23.2 Å². The zero-order valence-electron chi connectivity index (χ0n) is 13.6. The van der Waals surface area contributed by atoms with E-state index in [1.165, 1.54) is 6.07 Å². The van der Waals surface area contributed by atoms with Gasteiger partial charge in [-0.25, -0.2) is 8.42 Å². The van der Waals surface area contributed by atoms with E-state index in [9.17, 15) is 13.2 Å². The molecule has 0 aromatic heterocycles. The maximum absolute atomic E-state index is 12.3. The fourth-order valence-electron chi connectivity index (χ4n) is 2.93. The second-order valence-electron chi connectivity index (χ2n) is 5.84. The molecule has 0 atom stereocenters. The average Bonchev–Trinajstić information content (AvgIpc) is 2.91. The number of aliphatic imine (C=N–C) groups is 1. The van der Waals surface area contributed by atoms with Crippen LogP contribution in [0.4, 0.5) is 5.69 Å². The Kier molecular flexibility index (Phi) is 3.93. The Labute approximate surface area is 150 Å². The van der Waals surface area contributed by atoms with Crippen molar-refractivity contribution in [3.8, 4) is 0 Å². The lowest BCUT2D eigenvalue weighted by Gasteiger charge is -2.07. The van der Waals surface area contributed by atoms with Gasteiger partial charge in [-0.15, -0.1) is 0 Å². The predicted molar refractivity (Wildman–Crippen MR) is 101 cm³/mol. The van der Waals surface area contributed by atoms with Gasteiger partial charge in [0, 0.05) is 16.6 Å². The number of benzene rings is 3. The highest BCUT2D eigenvalue weighted by Crippen LogP contribution is 2.24. The fourth-order valence-corrected chi connectivity index (χ4v) is 4.18. The summed E-state index contributed by atoms with van der Waals surface area (Å²) in [7, 11) is -3.60. The minimum absolute atomic E-state index is 0.174. The van der Waals surface area contributed by atoms with Crippen molar-refractivity contribution in [2.75, 3.05) is 11.9 Å². The van der Waals surface area contributed by atoms with Gasteiger partial charge < -0.3 is 5.32 Å². The predicted octanol–water partition coefficient (Wildman–Crippen LogP) is 2.52. The summed E-state index contributed by atoms with van der Waals surface area (Å²) < 4.78 is 26.5. The van der Waals surface area contributed by atoms with Crippen molar-refractivity contribution < 1.29 is 13.2 Å². The maximum Gasteiger partial charge on any atom is 0.263 e. The van der Waals surface area contributed by atoms with Crippen LogP contribution in [-0.4, -0.2) is 26.7 Å². The van der Waals surface area contributed by atoms with Crippen molar-refractivity contribution in [1.82, 2.24) is 4.72 Å². The molecule has 1 heterocycles. The Morgan fingerprint density at radius 2 is 1.69 bits per heavy atom. The second kappa shape index (κ2) is 6.27. The van der Waals surface area contributed by atoms with Gasteiger partial charge in [-0.05, 0) is 23.6 Å². The Morgan fingerprint density at radius 1 is 0.962 bits per heavy atom. The Balaban J connectivity index is 1.55. The molecule has 4 rings (SSSR count). The number of amidine groups is 1. The molecule has 3 aromatic rings. The molecular formula is C19H15N3O3S. The van der Waals surface area contributed by atoms with Crippen LogP contribution in [0.1, 0.15) is 5.56 Å². The lowest BCUT2D eigenvalue weighted by atomic mass is 10.1. The van der Waals surface area contributed by atoms with Gasteiger partial charge in [-0.2, -0.15) is 0 Å². The van der Waals surface area contributed by atoms with Crippen molar-refractivity contribution in [2.45, 2.75) is 4.90 Å². The first-order valence-corrected chi connectivity index (χ1v) is 9.47. The van der Waals surface area contributed by atoms with E-state index in [1.807, 2.05) is 42.5 Å². The standard InChI is InChI=1S/C19H15N3O3S/c23-18(21-16-10-5-7-13-6-1-2-8-14(13)16)12-20-19-15-9-3-4-11-17(15)26(24,25)22-19/h1-11H,12H2,(H,20,22)(H,21,23). The smallest absolute Gasteiger partial charge is 0.263 e. The second-order valence-corrected chi connectivity index (χ2v) is 7.49. The van der Waals surface area contributed by atoms with Crippen LogP contribution < -0.4 is 10.0 Å². The van der Waals surface area contributed by atoms with Crippen LogP contribution in [0, 0.1) is 0 Å². The Bertz CT molecular complexity index is 1150. The minimum Gasteiger partial charge on any atom is -0.324 e. The van der Waals surface area contributed by atoms with Crippen LogP contribution in [0.3, 0.4) is 0 Å². The van der Waals surface area contributed by atoms with Crippen LogP contribution in [0.5, 0.6) is 0 Å². The highest BCUT2D eigenvalue weighted by Gasteiger charge is 2.30. The van der Waals surface area contributed by atoms with Gasteiger partial charge in [-0.1, -0.05) is 48.5 Å². The van der Waals surface area contributed by atoms with E-state index < -0.39 is 10.0 Å². The van der Waals surface area contributed by atoms with Crippen LogP contribution >= 0.6 is 0 Å². The molecule has 1 amide bonds. The summed E-state index contributed by atoms with van der Waals surface area (Å²) in [5, 5.41) is 4.79. The van der Waals surface area contributed by atoms with Crippen molar-refractivity contribution in [3.05, 3.63) is 72.3 Å². The van der Waals surface area contributed by atoms with Gasteiger partial charge >= 0.3 is 0 Å². The van der Waals surface area contributed by atoms with E-state index in [1.54, 1.807) is 18.2 Å². The van der Waals surface area contributed by atoms with Gasteiger partial charge in [0.1, 0.15) is 12.4 Å². The van der Waals surface area contributed by atoms with Crippen molar-refractivity contribution >= 4 is 38.2 Å². The molecule has 1 aliphatic rings. The highest BCUT2D eigenvalue weighted by molar-refractivity contribution is 7.90. The molecule has 0 unspecified atom stereocenters. The zero-order valence-corrected chi connectivity index (χ0v) is 14.5. The minimum atomic E-state index is -3.60. The van der Waals surface area contributed by atoms with Gasteiger partial charge in [0.2, 0.25) is 5.91 Å². The molecular weight excluding hydrogens is 350 g/mol. The topological polar surface area (TPSA) is 87.6 Å². The summed E-state index contributed by atoms with van der Waals surface area (Å²) in [6, 6.07) is 19.9. The molecule has 0 spiro atoms. The first-order valence-electron chi connectivity index (χ1n) is 7.99. The van der Waals surface area contributed by atoms with Crippen LogP contribution in [0.25, 0.3) is 10.8 Å². The zero-order chi connectivity index (χ0) is 18.1. The lowest BCUT2D eigenvalue weighted by Crippen LogP contribution is -2.24. The van der Waals surface area contributed by atoms with Gasteiger partial charge in [0.15, 0.2) is 0 Å². The summed E-state index contributed by atoms with van der Waals surface area (Å²) in [6.45, 7) is -0.185. The van der Waals surface area contributed by atoms with Crippen LogP contribution in [-0.2, 0) is 14.8 Å². The molecule has 1 aliphatic heterocycles. The van der Waals surface area contributed by atoms with E-state index in [0.29, 0.717) is 11.3 Å². The average molecular weight is 365 g/mol. The fraction of sp³-hybridized carbons (Fsp3) is 0.0526. The largest absolute Gasteiger partial charge is 0.324 e. The number of hydrogen-bond acceptors (Lipinski definition) is 4. The van der Waals surface area contributed by atoms with Crippen molar-refractivity contribution in [3.63, 3.8) is 0 Å². The molecule has 3 aromatic carbocycles. The summed E-state index contributed by atoms with van der Waals surface area (Å²) in [4.78, 5) is 16.6. The number of nitrogens with zero attached hydrogens (tertiary/aromatic N) is 1. The molecule has 7 heteroatoms. The van der Waals surface area contributed by atoms with E-state index in [2.05, 4.69) is 15.0 Å².